The smallest absolute Gasteiger partial charge is 0.319 e. The fourth-order valence-corrected chi connectivity index (χ4v) is 3.43. The van der Waals surface area contributed by atoms with Gasteiger partial charge in [-0.1, -0.05) is 0 Å². The summed E-state index contributed by atoms with van der Waals surface area (Å²) in [6, 6.07) is 1.63. The Morgan fingerprint density at radius 2 is 1.93 bits per heavy atom. The van der Waals surface area contributed by atoms with Gasteiger partial charge in [-0.3, -0.25) is 4.90 Å². The first-order chi connectivity index (χ1) is 13.1. The maximum absolute atomic E-state index is 12.0. The van der Waals surface area contributed by atoms with Gasteiger partial charge in [-0.2, -0.15) is 0 Å². The van der Waals surface area contributed by atoms with E-state index in [1.807, 2.05) is 0 Å². The number of hydrogen-bond donors (Lipinski definition) is 2. The standard InChI is InChI=1S/C19H27N3O5/c1-12(22-8-5-6-9-22)11-27-17-14(21-19(23)20-2)15(24-3)13-7-10-26-16(13)18(17)25-4/h7,10,12H,5-6,8-9,11H2,1-4H3,(H2,20,21,23). The van der Waals surface area contributed by atoms with Crippen LogP contribution < -0.4 is 24.8 Å². The van der Waals surface area contributed by atoms with Crippen LogP contribution in [0.2, 0.25) is 0 Å². The van der Waals surface area contributed by atoms with Crippen LogP contribution in [0.5, 0.6) is 17.2 Å². The van der Waals surface area contributed by atoms with Crippen LogP contribution in [0.1, 0.15) is 19.8 Å². The fourth-order valence-electron chi connectivity index (χ4n) is 3.43. The zero-order valence-corrected chi connectivity index (χ0v) is 16.3. The van der Waals surface area contributed by atoms with Crippen LogP contribution in [0.3, 0.4) is 0 Å². The number of fused-ring (bicyclic) bond motifs is 1. The molecule has 2 aromatic rings. The number of methoxy groups -OCH3 is 2. The Labute approximate surface area is 158 Å². The maximum atomic E-state index is 12.0. The summed E-state index contributed by atoms with van der Waals surface area (Å²) in [6.07, 6.45) is 3.97. The molecule has 2 N–H and O–H groups in total. The first kappa shape index (κ1) is 19.2. The summed E-state index contributed by atoms with van der Waals surface area (Å²) in [5, 5.41) is 6.04. The van der Waals surface area contributed by atoms with E-state index in [1.54, 1.807) is 33.6 Å². The predicted molar refractivity (Wildman–Crippen MR) is 103 cm³/mol. The van der Waals surface area contributed by atoms with E-state index in [1.165, 1.54) is 12.8 Å². The average Bonchev–Trinajstić information content (AvgIpc) is 3.37. The molecular formula is C19H27N3O5. The van der Waals surface area contributed by atoms with Crippen molar-refractivity contribution in [3.63, 3.8) is 0 Å². The van der Waals surface area contributed by atoms with Crippen LogP contribution in [0.15, 0.2) is 16.7 Å². The molecule has 0 bridgehead atoms. The molecule has 2 amide bonds. The summed E-state index contributed by atoms with van der Waals surface area (Å²) in [4.78, 5) is 14.4. The number of hydrogen-bond acceptors (Lipinski definition) is 6. The topological polar surface area (TPSA) is 85.2 Å². The van der Waals surface area contributed by atoms with Crippen LogP contribution in [-0.4, -0.2) is 57.9 Å². The molecule has 0 aliphatic carbocycles. The van der Waals surface area contributed by atoms with E-state index in [2.05, 4.69) is 22.5 Å². The second-order valence-electron chi connectivity index (χ2n) is 6.54. The minimum Gasteiger partial charge on any atom is -0.494 e. The van der Waals surface area contributed by atoms with Crippen molar-refractivity contribution in [2.45, 2.75) is 25.8 Å². The lowest BCUT2D eigenvalue weighted by Crippen LogP contribution is -2.35. The SMILES string of the molecule is CNC(=O)Nc1c(OCC(C)N2CCCC2)c(OC)c2occc2c1OC. The van der Waals surface area contributed by atoms with Crippen molar-refractivity contribution >= 4 is 22.7 Å². The number of benzene rings is 1. The molecule has 148 valence electrons. The van der Waals surface area contributed by atoms with Crippen molar-refractivity contribution in [2.24, 2.45) is 0 Å². The Balaban J connectivity index is 2.01. The van der Waals surface area contributed by atoms with Gasteiger partial charge in [0.1, 0.15) is 12.3 Å². The number of furan rings is 1. The molecule has 8 heteroatoms. The first-order valence-corrected chi connectivity index (χ1v) is 9.11. The Morgan fingerprint density at radius 3 is 2.56 bits per heavy atom. The molecule has 0 saturated carbocycles. The van der Waals surface area contributed by atoms with Crippen LogP contribution in [0, 0.1) is 0 Å². The predicted octanol–water partition coefficient (Wildman–Crippen LogP) is 3.06. The Morgan fingerprint density at radius 1 is 1.22 bits per heavy atom. The lowest BCUT2D eigenvalue weighted by atomic mass is 10.1. The highest BCUT2D eigenvalue weighted by molar-refractivity contribution is 6.03. The van der Waals surface area contributed by atoms with Gasteiger partial charge in [0.05, 0.1) is 25.9 Å². The third kappa shape index (κ3) is 3.75. The highest BCUT2D eigenvalue weighted by atomic mass is 16.5. The Kier molecular flexibility index (Phi) is 5.95. The van der Waals surface area contributed by atoms with Crippen molar-refractivity contribution in [3.8, 4) is 17.2 Å². The maximum Gasteiger partial charge on any atom is 0.319 e. The summed E-state index contributed by atoms with van der Waals surface area (Å²) >= 11 is 0. The van der Waals surface area contributed by atoms with E-state index in [9.17, 15) is 4.79 Å². The van der Waals surface area contributed by atoms with Gasteiger partial charge in [-0.05, 0) is 38.9 Å². The molecule has 1 aliphatic heterocycles. The normalized spacial score (nSPS) is 15.6. The fraction of sp³-hybridized carbons (Fsp3) is 0.526. The molecule has 1 saturated heterocycles. The van der Waals surface area contributed by atoms with Gasteiger partial charge in [0.15, 0.2) is 17.1 Å². The van der Waals surface area contributed by atoms with Crippen molar-refractivity contribution in [2.75, 3.05) is 46.3 Å². The van der Waals surface area contributed by atoms with Gasteiger partial charge in [-0.25, -0.2) is 4.79 Å². The van der Waals surface area contributed by atoms with Crippen molar-refractivity contribution in [3.05, 3.63) is 12.3 Å². The number of urea groups is 1. The number of carbonyl (C=O) groups is 1. The average molecular weight is 377 g/mol. The number of ether oxygens (including phenoxy) is 3. The second kappa shape index (κ2) is 8.39. The van der Waals surface area contributed by atoms with Gasteiger partial charge >= 0.3 is 6.03 Å². The minimum absolute atomic E-state index is 0.239. The van der Waals surface area contributed by atoms with Gasteiger partial charge in [-0.15, -0.1) is 0 Å². The number of anilines is 1. The summed E-state index contributed by atoms with van der Waals surface area (Å²) in [6.45, 7) is 4.73. The minimum atomic E-state index is -0.379. The third-order valence-electron chi connectivity index (χ3n) is 4.88. The molecule has 27 heavy (non-hydrogen) atoms. The number of amides is 2. The van der Waals surface area contributed by atoms with E-state index in [0.717, 1.165) is 13.1 Å². The Bertz CT molecular complexity index is 798. The quantitative estimate of drug-likeness (QED) is 0.771. The highest BCUT2D eigenvalue weighted by Gasteiger charge is 2.27. The van der Waals surface area contributed by atoms with Crippen molar-refractivity contribution < 1.29 is 23.4 Å². The third-order valence-corrected chi connectivity index (χ3v) is 4.88. The second-order valence-corrected chi connectivity index (χ2v) is 6.54. The molecule has 1 aliphatic rings. The monoisotopic (exact) mass is 377 g/mol. The Hall–Kier alpha value is -2.61. The molecule has 1 atom stereocenters. The van der Waals surface area contributed by atoms with Crippen LogP contribution in [0.25, 0.3) is 11.0 Å². The van der Waals surface area contributed by atoms with Crippen molar-refractivity contribution in [1.29, 1.82) is 0 Å². The van der Waals surface area contributed by atoms with E-state index in [-0.39, 0.29) is 12.1 Å². The zero-order chi connectivity index (χ0) is 19.4. The van der Waals surface area contributed by atoms with E-state index < -0.39 is 0 Å². The molecule has 1 aromatic heterocycles. The van der Waals surface area contributed by atoms with Gasteiger partial charge in [0, 0.05) is 13.1 Å². The number of nitrogens with zero attached hydrogens (tertiary/aromatic N) is 1. The van der Waals surface area contributed by atoms with Crippen LogP contribution in [0.4, 0.5) is 10.5 Å². The molecule has 3 rings (SSSR count). The zero-order valence-electron chi connectivity index (χ0n) is 16.3. The largest absolute Gasteiger partial charge is 0.494 e. The number of carbonyl (C=O) groups excluding carboxylic acids is 1. The molecular weight excluding hydrogens is 350 g/mol. The number of rotatable bonds is 7. The van der Waals surface area contributed by atoms with E-state index in [4.69, 9.17) is 18.6 Å². The van der Waals surface area contributed by atoms with E-state index in [0.29, 0.717) is 40.5 Å². The van der Waals surface area contributed by atoms with Gasteiger partial charge < -0.3 is 29.3 Å². The van der Waals surface area contributed by atoms with Gasteiger partial charge in [0.25, 0.3) is 0 Å². The molecule has 1 aromatic carbocycles. The molecule has 2 heterocycles. The number of likely N-dealkylation sites (tertiary alicyclic amines) is 1. The van der Waals surface area contributed by atoms with Crippen LogP contribution >= 0.6 is 0 Å². The molecule has 1 fully saturated rings. The number of nitrogens with one attached hydrogen (secondary N) is 2. The summed E-state index contributed by atoms with van der Waals surface area (Å²) in [7, 11) is 4.63. The summed E-state index contributed by atoms with van der Waals surface area (Å²) < 4.78 is 22.9. The lowest BCUT2D eigenvalue weighted by molar-refractivity contribution is 0.169. The molecule has 0 radical (unpaired) electrons. The van der Waals surface area contributed by atoms with Gasteiger partial charge in [0.2, 0.25) is 5.75 Å². The summed E-state index contributed by atoms with van der Waals surface area (Å²) in [5.74, 6) is 1.29. The highest BCUT2D eigenvalue weighted by Crippen LogP contribution is 2.50. The van der Waals surface area contributed by atoms with E-state index >= 15 is 0 Å². The van der Waals surface area contributed by atoms with Crippen LogP contribution in [-0.2, 0) is 0 Å². The molecule has 0 spiro atoms. The van der Waals surface area contributed by atoms with Crippen molar-refractivity contribution in [1.82, 2.24) is 10.2 Å². The first-order valence-electron chi connectivity index (χ1n) is 9.11. The molecule has 1 unspecified atom stereocenters. The molecule has 8 nitrogen and oxygen atoms in total. The lowest BCUT2D eigenvalue weighted by Gasteiger charge is -2.25. The summed E-state index contributed by atoms with van der Waals surface area (Å²) in [5.41, 5.74) is 0.928.